The van der Waals surface area contributed by atoms with Crippen LogP contribution in [0.3, 0.4) is 0 Å². The molecule has 1 aromatic carbocycles. The molecule has 0 bridgehead atoms. The van der Waals surface area contributed by atoms with E-state index in [9.17, 15) is 14.7 Å². The van der Waals surface area contributed by atoms with Crippen LogP contribution in [-0.2, 0) is 9.53 Å². The third kappa shape index (κ3) is 3.20. The summed E-state index contributed by atoms with van der Waals surface area (Å²) in [4.78, 5) is 26.1. The van der Waals surface area contributed by atoms with Crippen LogP contribution in [0.2, 0.25) is 5.02 Å². The van der Waals surface area contributed by atoms with Crippen LogP contribution in [0.25, 0.3) is 5.69 Å². The molecule has 1 amide bonds. The number of aromatic nitrogens is 2. The summed E-state index contributed by atoms with van der Waals surface area (Å²) in [7, 11) is 1.47. The van der Waals surface area contributed by atoms with E-state index in [2.05, 4.69) is 5.10 Å². The number of carbonyl (C=O) groups excluding carboxylic acids is 1. The van der Waals surface area contributed by atoms with Crippen LogP contribution in [0.4, 0.5) is 0 Å². The lowest BCUT2D eigenvalue weighted by Gasteiger charge is -2.23. The van der Waals surface area contributed by atoms with E-state index in [1.165, 1.54) is 13.3 Å². The first-order chi connectivity index (χ1) is 12.4. The van der Waals surface area contributed by atoms with Gasteiger partial charge in [0, 0.05) is 25.2 Å². The van der Waals surface area contributed by atoms with Crippen molar-refractivity contribution in [1.82, 2.24) is 14.7 Å². The van der Waals surface area contributed by atoms with Gasteiger partial charge in [-0.2, -0.15) is 5.10 Å². The highest BCUT2D eigenvalue weighted by Gasteiger charge is 2.46. The number of aliphatic carboxylic acids is 1. The van der Waals surface area contributed by atoms with Crippen molar-refractivity contribution in [3.8, 4) is 5.69 Å². The molecule has 1 aliphatic rings. The Morgan fingerprint density at radius 2 is 2.04 bits per heavy atom. The van der Waals surface area contributed by atoms with E-state index in [1.807, 2.05) is 19.1 Å². The number of hydrogen-bond donors (Lipinski definition) is 1. The third-order valence-corrected chi connectivity index (χ3v) is 5.08. The SMILES string of the molecule is COCC1(C(=O)O)CCN(C(=O)c2cnn(-c3ccc(Cl)cc3)c2C)C1. The average Bonchev–Trinajstić information content (AvgIpc) is 3.21. The Morgan fingerprint density at radius 1 is 1.35 bits per heavy atom. The Kier molecular flexibility index (Phi) is 5.02. The fourth-order valence-electron chi connectivity index (χ4n) is 3.31. The number of amides is 1. The van der Waals surface area contributed by atoms with E-state index < -0.39 is 11.4 Å². The summed E-state index contributed by atoms with van der Waals surface area (Å²) in [5, 5.41) is 14.5. The Hall–Kier alpha value is -2.38. The number of carboxylic acids is 1. The van der Waals surface area contributed by atoms with Gasteiger partial charge in [-0.1, -0.05) is 11.6 Å². The minimum Gasteiger partial charge on any atom is -0.481 e. The molecule has 1 fully saturated rings. The van der Waals surface area contributed by atoms with Crippen LogP contribution in [0.1, 0.15) is 22.5 Å². The van der Waals surface area contributed by atoms with Gasteiger partial charge in [0.2, 0.25) is 0 Å². The van der Waals surface area contributed by atoms with Crippen molar-refractivity contribution in [1.29, 1.82) is 0 Å². The van der Waals surface area contributed by atoms with Crippen LogP contribution in [0.15, 0.2) is 30.5 Å². The molecule has 0 spiro atoms. The molecule has 2 aromatic rings. The van der Waals surface area contributed by atoms with Crippen molar-refractivity contribution >= 4 is 23.5 Å². The van der Waals surface area contributed by atoms with Crippen molar-refractivity contribution in [2.45, 2.75) is 13.3 Å². The number of carboxylic acid groups (broad SMARTS) is 1. The number of benzene rings is 1. The number of carbonyl (C=O) groups is 2. The number of hydrogen-bond acceptors (Lipinski definition) is 4. The second-order valence-electron chi connectivity index (χ2n) is 6.53. The number of likely N-dealkylation sites (tertiary alicyclic amines) is 1. The van der Waals surface area contributed by atoms with E-state index in [4.69, 9.17) is 16.3 Å². The molecule has 0 radical (unpaired) electrons. The number of halogens is 1. The summed E-state index contributed by atoms with van der Waals surface area (Å²) in [5.74, 6) is -1.16. The third-order valence-electron chi connectivity index (χ3n) is 4.83. The zero-order chi connectivity index (χ0) is 18.9. The van der Waals surface area contributed by atoms with Gasteiger partial charge in [0.25, 0.3) is 5.91 Å². The largest absolute Gasteiger partial charge is 0.481 e. The number of rotatable bonds is 5. The number of methoxy groups -OCH3 is 1. The molecular weight excluding hydrogens is 358 g/mol. The van der Waals surface area contributed by atoms with Gasteiger partial charge in [-0.3, -0.25) is 9.59 Å². The van der Waals surface area contributed by atoms with Gasteiger partial charge in [0.15, 0.2) is 0 Å². The van der Waals surface area contributed by atoms with E-state index in [1.54, 1.807) is 21.7 Å². The fourth-order valence-corrected chi connectivity index (χ4v) is 3.43. The lowest BCUT2D eigenvalue weighted by molar-refractivity contribution is -0.151. The van der Waals surface area contributed by atoms with Gasteiger partial charge in [-0.05, 0) is 37.6 Å². The van der Waals surface area contributed by atoms with E-state index in [-0.39, 0.29) is 19.1 Å². The van der Waals surface area contributed by atoms with Crippen LogP contribution >= 0.6 is 11.6 Å². The van der Waals surface area contributed by atoms with Gasteiger partial charge < -0.3 is 14.7 Å². The number of nitrogens with zero attached hydrogens (tertiary/aromatic N) is 3. The molecule has 1 N–H and O–H groups in total. The lowest BCUT2D eigenvalue weighted by atomic mass is 9.88. The molecule has 26 heavy (non-hydrogen) atoms. The molecule has 138 valence electrons. The van der Waals surface area contributed by atoms with Gasteiger partial charge in [-0.25, -0.2) is 4.68 Å². The van der Waals surface area contributed by atoms with Gasteiger partial charge in [0.05, 0.1) is 29.7 Å². The highest BCUT2D eigenvalue weighted by atomic mass is 35.5. The summed E-state index contributed by atoms with van der Waals surface area (Å²) in [6, 6.07) is 7.15. The molecular formula is C18H20ClN3O4. The van der Waals surface area contributed by atoms with E-state index in [0.717, 1.165) is 5.69 Å². The van der Waals surface area contributed by atoms with Crippen molar-refractivity contribution in [2.24, 2.45) is 5.41 Å². The molecule has 1 unspecified atom stereocenters. The maximum absolute atomic E-state index is 12.9. The van der Waals surface area contributed by atoms with Crippen LogP contribution in [-0.4, -0.2) is 58.5 Å². The molecule has 1 atom stereocenters. The smallest absolute Gasteiger partial charge is 0.313 e. The van der Waals surface area contributed by atoms with Crippen molar-refractivity contribution < 1.29 is 19.4 Å². The zero-order valence-corrected chi connectivity index (χ0v) is 15.4. The van der Waals surface area contributed by atoms with Crippen molar-refractivity contribution in [2.75, 3.05) is 26.8 Å². The Balaban J connectivity index is 1.83. The Labute approximate surface area is 156 Å². The predicted molar refractivity (Wildman–Crippen MR) is 95.8 cm³/mol. The van der Waals surface area contributed by atoms with Gasteiger partial charge >= 0.3 is 5.97 Å². The monoisotopic (exact) mass is 377 g/mol. The minimum atomic E-state index is -1.05. The first-order valence-corrected chi connectivity index (χ1v) is 8.58. The van der Waals surface area contributed by atoms with Crippen LogP contribution in [0, 0.1) is 12.3 Å². The normalized spacial score (nSPS) is 19.7. The molecule has 8 heteroatoms. The quantitative estimate of drug-likeness (QED) is 0.864. The molecule has 0 aliphatic carbocycles. The van der Waals surface area contributed by atoms with Gasteiger partial charge in [-0.15, -0.1) is 0 Å². The van der Waals surface area contributed by atoms with Crippen molar-refractivity contribution in [3.63, 3.8) is 0 Å². The summed E-state index contributed by atoms with van der Waals surface area (Å²) < 4.78 is 6.74. The topological polar surface area (TPSA) is 84.7 Å². The standard InChI is InChI=1S/C18H20ClN3O4/c1-12-15(9-20-22(12)14-5-3-13(19)4-6-14)16(23)21-8-7-18(10-21,11-26-2)17(24)25/h3-6,9H,7-8,10-11H2,1-2H3,(H,24,25). The second kappa shape index (κ2) is 7.09. The summed E-state index contributed by atoms with van der Waals surface area (Å²) in [5.41, 5.74) is 0.895. The van der Waals surface area contributed by atoms with Gasteiger partial charge in [0.1, 0.15) is 5.41 Å². The summed E-state index contributed by atoms with van der Waals surface area (Å²) in [6.07, 6.45) is 1.88. The Morgan fingerprint density at radius 3 is 2.65 bits per heavy atom. The average molecular weight is 378 g/mol. The molecule has 2 heterocycles. The highest BCUT2D eigenvalue weighted by molar-refractivity contribution is 6.30. The molecule has 0 saturated carbocycles. The van der Waals surface area contributed by atoms with Crippen molar-refractivity contribution in [3.05, 3.63) is 46.7 Å². The van der Waals surface area contributed by atoms with Crippen LogP contribution < -0.4 is 0 Å². The first-order valence-electron chi connectivity index (χ1n) is 8.20. The molecule has 3 rings (SSSR count). The minimum absolute atomic E-state index is 0.0785. The molecule has 1 aromatic heterocycles. The molecule has 1 saturated heterocycles. The lowest BCUT2D eigenvalue weighted by Crippen LogP contribution is -2.40. The zero-order valence-electron chi connectivity index (χ0n) is 14.6. The Bertz CT molecular complexity index is 833. The highest BCUT2D eigenvalue weighted by Crippen LogP contribution is 2.32. The summed E-state index contributed by atoms with van der Waals surface area (Å²) in [6.45, 7) is 2.39. The second-order valence-corrected chi connectivity index (χ2v) is 6.96. The van der Waals surface area contributed by atoms with E-state index in [0.29, 0.717) is 29.2 Å². The maximum Gasteiger partial charge on any atom is 0.313 e. The predicted octanol–water partition coefficient (Wildman–Crippen LogP) is 2.40. The number of ether oxygens (including phenoxy) is 1. The molecule has 1 aliphatic heterocycles. The fraction of sp³-hybridized carbons (Fsp3) is 0.389. The first kappa shape index (κ1) is 18.4. The molecule has 7 nitrogen and oxygen atoms in total. The van der Waals surface area contributed by atoms with Crippen LogP contribution in [0.5, 0.6) is 0 Å². The van der Waals surface area contributed by atoms with E-state index >= 15 is 0 Å². The maximum atomic E-state index is 12.9. The summed E-state index contributed by atoms with van der Waals surface area (Å²) >= 11 is 5.91.